The molecule has 2 aromatic rings. The average Bonchev–Trinajstić information content (AvgIpc) is 2.41. The second-order valence-corrected chi connectivity index (χ2v) is 5.03. The quantitative estimate of drug-likeness (QED) is 0.909. The third kappa shape index (κ3) is 2.94. The Labute approximate surface area is 120 Å². The van der Waals surface area contributed by atoms with E-state index >= 15 is 0 Å². The lowest BCUT2D eigenvalue weighted by Gasteiger charge is -2.18. The van der Waals surface area contributed by atoms with E-state index in [0.717, 1.165) is 28.4 Å². The van der Waals surface area contributed by atoms with Crippen LogP contribution >= 0.6 is 0 Å². The zero-order valence-electron chi connectivity index (χ0n) is 12.4. The lowest BCUT2D eigenvalue weighted by atomic mass is 10.1. The van der Waals surface area contributed by atoms with E-state index in [1.54, 1.807) is 7.11 Å². The summed E-state index contributed by atoms with van der Waals surface area (Å²) in [5, 5.41) is 0. The van der Waals surface area contributed by atoms with Crippen molar-refractivity contribution in [1.82, 2.24) is 0 Å². The van der Waals surface area contributed by atoms with Gasteiger partial charge in [-0.25, -0.2) is 0 Å². The van der Waals surface area contributed by atoms with Gasteiger partial charge >= 0.3 is 0 Å². The van der Waals surface area contributed by atoms with Crippen LogP contribution in [0.2, 0.25) is 0 Å². The Balaban J connectivity index is 2.43. The topological polar surface area (TPSA) is 44.5 Å². The lowest BCUT2D eigenvalue weighted by Crippen LogP contribution is -2.08. The molecule has 1 atom stereocenters. The highest BCUT2D eigenvalue weighted by atomic mass is 16.5. The summed E-state index contributed by atoms with van der Waals surface area (Å²) >= 11 is 0. The first-order chi connectivity index (χ1) is 9.52. The van der Waals surface area contributed by atoms with Gasteiger partial charge in [-0.3, -0.25) is 0 Å². The summed E-state index contributed by atoms with van der Waals surface area (Å²) in [7, 11) is 1.64. The molecule has 3 heteroatoms. The summed E-state index contributed by atoms with van der Waals surface area (Å²) in [6, 6.07) is 11.7. The zero-order valence-corrected chi connectivity index (χ0v) is 12.4. The van der Waals surface area contributed by atoms with E-state index in [9.17, 15) is 0 Å². The van der Waals surface area contributed by atoms with Gasteiger partial charge in [-0.1, -0.05) is 23.8 Å². The van der Waals surface area contributed by atoms with Gasteiger partial charge in [0, 0.05) is 6.04 Å². The van der Waals surface area contributed by atoms with Crippen LogP contribution in [0, 0.1) is 13.8 Å². The molecule has 0 aliphatic rings. The smallest absolute Gasteiger partial charge is 0.135 e. The molecule has 0 aliphatic heterocycles. The Hall–Kier alpha value is -2.00. The van der Waals surface area contributed by atoms with Crippen molar-refractivity contribution in [2.75, 3.05) is 7.11 Å². The first-order valence-corrected chi connectivity index (χ1v) is 6.70. The third-order valence-corrected chi connectivity index (χ3v) is 3.25. The van der Waals surface area contributed by atoms with Crippen LogP contribution < -0.4 is 15.2 Å². The summed E-state index contributed by atoms with van der Waals surface area (Å²) in [5.41, 5.74) is 9.25. The number of methoxy groups -OCH3 is 1. The number of hydrogen-bond donors (Lipinski definition) is 1. The maximum atomic E-state index is 6.05. The molecule has 0 bridgehead atoms. The number of aryl methyl sites for hydroxylation is 2. The highest BCUT2D eigenvalue weighted by Crippen LogP contribution is 2.36. The molecule has 0 saturated heterocycles. The van der Waals surface area contributed by atoms with E-state index in [2.05, 4.69) is 13.0 Å². The van der Waals surface area contributed by atoms with E-state index in [0.29, 0.717) is 0 Å². The van der Waals surface area contributed by atoms with E-state index in [1.165, 1.54) is 5.56 Å². The van der Waals surface area contributed by atoms with Crippen LogP contribution in [0.15, 0.2) is 36.4 Å². The second-order valence-electron chi connectivity index (χ2n) is 5.03. The van der Waals surface area contributed by atoms with E-state index in [1.807, 2.05) is 44.2 Å². The number of hydrogen-bond acceptors (Lipinski definition) is 3. The van der Waals surface area contributed by atoms with Gasteiger partial charge in [0.1, 0.15) is 17.2 Å². The summed E-state index contributed by atoms with van der Waals surface area (Å²) in [6.07, 6.45) is 0. The monoisotopic (exact) mass is 271 g/mol. The Morgan fingerprint density at radius 3 is 2.30 bits per heavy atom. The van der Waals surface area contributed by atoms with Gasteiger partial charge in [-0.2, -0.15) is 0 Å². The first-order valence-electron chi connectivity index (χ1n) is 6.70. The number of ether oxygens (including phenoxy) is 2. The van der Waals surface area contributed by atoms with Crippen molar-refractivity contribution in [3.8, 4) is 17.2 Å². The normalized spacial score (nSPS) is 12.1. The lowest BCUT2D eigenvalue weighted by molar-refractivity contribution is 0.397. The maximum Gasteiger partial charge on any atom is 0.135 e. The Morgan fingerprint density at radius 2 is 1.70 bits per heavy atom. The molecule has 0 spiro atoms. The molecule has 106 valence electrons. The van der Waals surface area contributed by atoms with Crippen LogP contribution in [0.5, 0.6) is 17.2 Å². The van der Waals surface area contributed by atoms with Gasteiger partial charge in [-0.15, -0.1) is 0 Å². The molecule has 0 aliphatic carbocycles. The molecule has 1 unspecified atom stereocenters. The highest BCUT2D eigenvalue weighted by Gasteiger charge is 2.15. The fraction of sp³-hybridized carbons (Fsp3) is 0.294. The van der Waals surface area contributed by atoms with E-state index in [-0.39, 0.29) is 6.04 Å². The minimum absolute atomic E-state index is 0.160. The minimum Gasteiger partial charge on any atom is -0.496 e. The maximum absolute atomic E-state index is 6.05. The molecule has 0 heterocycles. The van der Waals surface area contributed by atoms with Crippen LogP contribution in [-0.2, 0) is 0 Å². The highest BCUT2D eigenvalue weighted by molar-refractivity contribution is 5.49. The van der Waals surface area contributed by atoms with Gasteiger partial charge in [0.25, 0.3) is 0 Å². The van der Waals surface area contributed by atoms with Gasteiger partial charge < -0.3 is 15.2 Å². The molecule has 2 aromatic carbocycles. The molecule has 0 radical (unpaired) electrons. The fourth-order valence-corrected chi connectivity index (χ4v) is 2.27. The SMILES string of the molecule is COc1cccc(Oc2ccc(C)cc2C)c1C(C)N. The molecular weight excluding hydrogens is 250 g/mol. The molecule has 3 nitrogen and oxygen atoms in total. The third-order valence-electron chi connectivity index (χ3n) is 3.25. The van der Waals surface area contributed by atoms with Crippen molar-refractivity contribution in [1.29, 1.82) is 0 Å². The molecule has 2 N–H and O–H groups in total. The Kier molecular flexibility index (Phi) is 4.30. The standard InChI is InChI=1S/C17H21NO2/c1-11-8-9-14(12(2)10-11)20-16-7-5-6-15(19-4)17(16)13(3)18/h5-10,13H,18H2,1-4H3. The first kappa shape index (κ1) is 14.4. The van der Waals surface area contributed by atoms with E-state index in [4.69, 9.17) is 15.2 Å². The van der Waals surface area contributed by atoms with Crippen molar-refractivity contribution >= 4 is 0 Å². The van der Waals surface area contributed by atoms with E-state index < -0.39 is 0 Å². The second kappa shape index (κ2) is 5.97. The van der Waals surface area contributed by atoms with Crippen LogP contribution in [0.4, 0.5) is 0 Å². The molecule has 0 saturated carbocycles. The largest absolute Gasteiger partial charge is 0.496 e. The zero-order chi connectivity index (χ0) is 14.7. The molecule has 20 heavy (non-hydrogen) atoms. The molecule has 0 aromatic heterocycles. The Bertz CT molecular complexity index is 606. The van der Waals surface area contributed by atoms with Gasteiger partial charge in [0.15, 0.2) is 0 Å². The van der Waals surface area contributed by atoms with Crippen molar-refractivity contribution in [2.24, 2.45) is 5.73 Å². The Morgan fingerprint density at radius 1 is 1.00 bits per heavy atom. The fourth-order valence-electron chi connectivity index (χ4n) is 2.27. The summed E-state index contributed by atoms with van der Waals surface area (Å²) in [5.74, 6) is 2.33. The van der Waals surface area contributed by atoms with Crippen molar-refractivity contribution in [3.63, 3.8) is 0 Å². The van der Waals surface area contributed by atoms with Crippen LogP contribution in [0.3, 0.4) is 0 Å². The minimum atomic E-state index is -0.160. The molecule has 0 amide bonds. The summed E-state index contributed by atoms with van der Waals surface area (Å²) < 4.78 is 11.4. The average molecular weight is 271 g/mol. The molecule has 2 rings (SSSR count). The van der Waals surface area contributed by atoms with Gasteiger partial charge in [0.05, 0.1) is 12.7 Å². The molecular formula is C17H21NO2. The molecule has 0 fully saturated rings. The predicted molar refractivity (Wildman–Crippen MR) is 81.6 cm³/mol. The predicted octanol–water partition coefficient (Wildman–Crippen LogP) is 4.12. The summed E-state index contributed by atoms with van der Waals surface area (Å²) in [6.45, 7) is 6.02. The number of benzene rings is 2. The van der Waals surface area contributed by atoms with Crippen molar-refractivity contribution in [2.45, 2.75) is 26.8 Å². The van der Waals surface area contributed by atoms with Crippen LogP contribution in [0.25, 0.3) is 0 Å². The number of rotatable bonds is 4. The van der Waals surface area contributed by atoms with Gasteiger partial charge in [-0.05, 0) is 44.5 Å². The van der Waals surface area contributed by atoms with Gasteiger partial charge in [0.2, 0.25) is 0 Å². The van der Waals surface area contributed by atoms with Crippen molar-refractivity contribution in [3.05, 3.63) is 53.1 Å². The van der Waals surface area contributed by atoms with Crippen molar-refractivity contribution < 1.29 is 9.47 Å². The van der Waals surface area contributed by atoms with Crippen LogP contribution in [-0.4, -0.2) is 7.11 Å². The summed E-state index contributed by atoms with van der Waals surface area (Å²) in [4.78, 5) is 0. The van der Waals surface area contributed by atoms with Crippen LogP contribution in [0.1, 0.15) is 29.7 Å². The number of nitrogens with two attached hydrogens (primary N) is 1.